The molecule has 2 aromatic rings. The summed E-state index contributed by atoms with van der Waals surface area (Å²) in [5.74, 6) is -0.209. The molecule has 1 saturated heterocycles. The standard InChI is InChI=1S/C21H19F3N2O/c22-21(23,24)18-6-2-1-5-17(18)14-7-10-26(11-8-14)20(27)16-12-15-4-3-9-25-19(15)13-16/h1-6,9,13-14H,7-8,10-12H2. The summed E-state index contributed by atoms with van der Waals surface area (Å²) < 4.78 is 39.8. The van der Waals surface area contributed by atoms with E-state index in [0.717, 1.165) is 17.3 Å². The Morgan fingerprint density at radius 3 is 2.52 bits per heavy atom. The zero-order valence-corrected chi connectivity index (χ0v) is 14.7. The number of rotatable bonds is 2. The third-order valence-corrected chi connectivity index (χ3v) is 5.38. The molecule has 3 nitrogen and oxygen atoms in total. The molecular weight excluding hydrogens is 353 g/mol. The highest BCUT2D eigenvalue weighted by atomic mass is 19.4. The largest absolute Gasteiger partial charge is 0.416 e. The molecule has 1 aliphatic carbocycles. The van der Waals surface area contributed by atoms with Gasteiger partial charge in [-0.2, -0.15) is 13.2 Å². The minimum absolute atomic E-state index is 0.0319. The lowest BCUT2D eigenvalue weighted by Gasteiger charge is -2.33. The topological polar surface area (TPSA) is 33.2 Å². The number of benzene rings is 1. The van der Waals surface area contributed by atoms with Crippen LogP contribution in [0.25, 0.3) is 6.08 Å². The van der Waals surface area contributed by atoms with Crippen molar-refractivity contribution in [1.29, 1.82) is 0 Å². The summed E-state index contributed by atoms with van der Waals surface area (Å²) in [6.07, 6.45) is 0.819. The van der Waals surface area contributed by atoms with Gasteiger partial charge in [-0.3, -0.25) is 9.78 Å². The molecule has 1 amide bonds. The van der Waals surface area contributed by atoms with Gasteiger partial charge in [0.2, 0.25) is 5.91 Å². The molecule has 2 heterocycles. The molecule has 1 aromatic carbocycles. The number of fused-ring (bicyclic) bond motifs is 1. The van der Waals surface area contributed by atoms with Gasteiger partial charge in [-0.1, -0.05) is 24.3 Å². The van der Waals surface area contributed by atoms with Crippen molar-refractivity contribution in [2.24, 2.45) is 0 Å². The van der Waals surface area contributed by atoms with Gasteiger partial charge in [0, 0.05) is 31.3 Å². The smallest absolute Gasteiger partial charge is 0.339 e. The van der Waals surface area contributed by atoms with Crippen LogP contribution in [0.1, 0.15) is 41.1 Å². The number of hydrogen-bond acceptors (Lipinski definition) is 2. The Morgan fingerprint density at radius 1 is 1.07 bits per heavy atom. The van der Waals surface area contributed by atoms with E-state index in [2.05, 4.69) is 4.98 Å². The SMILES string of the molecule is O=C(C1=Cc2ncccc2C1)N1CCC(c2ccccc2C(F)(F)F)CC1. The Bertz CT molecular complexity index is 896. The molecule has 1 aromatic heterocycles. The van der Waals surface area contributed by atoms with Gasteiger partial charge in [0.05, 0.1) is 11.3 Å². The van der Waals surface area contributed by atoms with Crippen molar-refractivity contribution < 1.29 is 18.0 Å². The molecule has 0 radical (unpaired) electrons. The summed E-state index contributed by atoms with van der Waals surface area (Å²) in [5, 5.41) is 0. The van der Waals surface area contributed by atoms with Crippen LogP contribution in [0.2, 0.25) is 0 Å². The molecule has 0 bridgehead atoms. The molecule has 0 atom stereocenters. The summed E-state index contributed by atoms with van der Waals surface area (Å²) in [6, 6.07) is 9.58. The van der Waals surface area contributed by atoms with Crippen LogP contribution in [-0.2, 0) is 17.4 Å². The second-order valence-corrected chi connectivity index (χ2v) is 7.05. The summed E-state index contributed by atoms with van der Waals surface area (Å²) in [6.45, 7) is 0.938. The molecule has 1 aliphatic heterocycles. The zero-order chi connectivity index (χ0) is 19.0. The number of likely N-dealkylation sites (tertiary alicyclic amines) is 1. The molecule has 2 aliphatic rings. The first-order chi connectivity index (χ1) is 12.9. The molecule has 0 unspecified atom stereocenters. The number of aromatic nitrogens is 1. The predicted octanol–water partition coefficient (Wildman–Crippen LogP) is 4.45. The van der Waals surface area contributed by atoms with E-state index in [0.29, 0.717) is 43.5 Å². The number of piperidine rings is 1. The van der Waals surface area contributed by atoms with E-state index >= 15 is 0 Å². The lowest BCUT2D eigenvalue weighted by atomic mass is 9.86. The van der Waals surface area contributed by atoms with Crippen LogP contribution in [0.5, 0.6) is 0 Å². The summed E-state index contributed by atoms with van der Waals surface area (Å²) in [7, 11) is 0. The molecule has 0 saturated carbocycles. The zero-order valence-electron chi connectivity index (χ0n) is 14.7. The van der Waals surface area contributed by atoms with Crippen molar-refractivity contribution in [1.82, 2.24) is 9.88 Å². The van der Waals surface area contributed by atoms with E-state index < -0.39 is 11.7 Å². The maximum absolute atomic E-state index is 13.3. The van der Waals surface area contributed by atoms with Gasteiger partial charge in [-0.05, 0) is 48.1 Å². The molecule has 0 N–H and O–H groups in total. The highest BCUT2D eigenvalue weighted by Crippen LogP contribution is 2.39. The fraction of sp³-hybridized carbons (Fsp3) is 0.333. The average Bonchev–Trinajstić information content (AvgIpc) is 3.11. The maximum Gasteiger partial charge on any atom is 0.416 e. The third kappa shape index (κ3) is 3.48. The van der Waals surface area contributed by atoms with E-state index in [4.69, 9.17) is 0 Å². The van der Waals surface area contributed by atoms with Crippen LogP contribution in [0.15, 0.2) is 48.2 Å². The van der Waals surface area contributed by atoms with Crippen molar-refractivity contribution in [2.75, 3.05) is 13.1 Å². The fourth-order valence-corrected chi connectivity index (χ4v) is 4.00. The van der Waals surface area contributed by atoms with Gasteiger partial charge in [0.15, 0.2) is 0 Å². The number of carbonyl (C=O) groups is 1. The minimum Gasteiger partial charge on any atom is -0.339 e. The monoisotopic (exact) mass is 372 g/mol. The number of halogens is 3. The van der Waals surface area contributed by atoms with Crippen LogP contribution in [0.4, 0.5) is 13.2 Å². The molecule has 140 valence electrons. The van der Waals surface area contributed by atoms with Crippen LogP contribution in [-0.4, -0.2) is 28.9 Å². The minimum atomic E-state index is -4.35. The Labute approximate surface area is 155 Å². The van der Waals surface area contributed by atoms with E-state index in [9.17, 15) is 18.0 Å². The van der Waals surface area contributed by atoms with Gasteiger partial charge < -0.3 is 4.90 Å². The molecule has 0 spiro atoms. The molecule has 27 heavy (non-hydrogen) atoms. The molecule has 1 fully saturated rings. The van der Waals surface area contributed by atoms with Gasteiger partial charge in [0.25, 0.3) is 0 Å². The maximum atomic E-state index is 13.3. The van der Waals surface area contributed by atoms with E-state index in [1.807, 2.05) is 18.2 Å². The predicted molar refractivity (Wildman–Crippen MR) is 95.9 cm³/mol. The second kappa shape index (κ2) is 6.83. The number of hydrogen-bond donors (Lipinski definition) is 0. The van der Waals surface area contributed by atoms with Gasteiger partial charge in [-0.25, -0.2) is 0 Å². The Balaban J connectivity index is 1.44. The third-order valence-electron chi connectivity index (χ3n) is 5.38. The van der Waals surface area contributed by atoms with Crippen LogP contribution < -0.4 is 0 Å². The number of amides is 1. The Hall–Kier alpha value is -2.63. The van der Waals surface area contributed by atoms with Gasteiger partial charge in [-0.15, -0.1) is 0 Å². The number of pyridine rings is 1. The summed E-state index contributed by atoms with van der Waals surface area (Å²) in [5.41, 5.74) is 2.35. The second-order valence-electron chi connectivity index (χ2n) is 7.05. The highest BCUT2D eigenvalue weighted by molar-refractivity contribution is 6.00. The highest BCUT2D eigenvalue weighted by Gasteiger charge is 2.36. The first-order valence-corrected chi connectivity index (χ1v) is 9.03. The van der Waals surface area contributed by atoms with Crippen molar-refractivity contribution in [3.63, 3.8) is 0 Å². The van der Waals surface area contributed by atoms with Crippen LogP contribution >= 0.6 is 0 Å². The average molecular weight is 372 g/mol. The number of alkyl halides is 3. The lowest BCUT2D eigenvalue weighted by Crippen LogP contribution is -2.39. The van der Waals surface area contributed by atoms with Crippen molar-refractivity contribution in [3.05, 3.63) is 70.6 Å². The van der Waals surface area contributed by atoms with Crippen molar-refractivity contribution in [2.45, 2.75) is 31.4 Å². The van der Waals surface area contributed by atoms with Gasteiger partial charge in [0.1, 0.15) is 0 Å². The van der Waals surface area contributed by atoms with Crippen molar-refractivity contribution >= 4 is 12.0 Å². The summed E-state index contributed by atoms with van der Waals surface area (Å²) >= 11 is 0. The van der Waals surface area contributed by atoms with Crippen LogP contribution in [0.3, 0.4) is 0 Å². The normalized spacial score (nSPS) is 17.6. The first-order valence-electron chi connectivity index (χ1n) is 9.03. The lowest BCUT2D eigenvalue weighted by molar-refractivity contribution is -0.138. The van der Waals surface area contributed by atoms with Gasteiger partial charge >= 0.3 is 6.18 Å². The number of nitrogens with zero attached hydrogens (tertiary/aromatic N) is 2. The van der Waals surface area contributed by atoms with Crippen molar-refractivity contribution in [3.8, 4) is 0 Å². The van der Waals surface area contributed by atoms with E-state index in [1.165, 1.54) is 6.07 Å². The first kappa shape index (κ1) is 17.8. The quantitative estimate of drug-likeness (QED) is 0.781. The Morgan fingerprint density at radius 2 is 1.81 bits per heavy atom. The molecule has 6 heteroatoms. The fourth-order valence-electron chi connectivity index (χ4n) is 4.00. The summed E-state index contributed by atoms with van der Waals surface area (Å²) in [4.78, 5) is 18.8. The molecular formula is C21H19F3N2O. The van der Waals surface area contributed by atoms with E-state index in [1.54, 1.807) is 23.2 Å². The molecule has 4 rings (SSSR count). The number of carbonyl (C=O) groups excluding carboxylic acids is 1. The van der Waals surface area contributed by atoms with E-state index in [-0.39, 0.29) is 11.8 Å². The Kier molecular flexibility index (Phi) is 4.50. The van der Waals surface area contributed by atoms with Crippen LogP contribution in [0, 0.1) is 0 Å².